The molecule has 1 rings (SSSR count). The maximum atomic E-state index is 6.10. The highest BCUT2D eigenvalue weighted by Gasteiger charge is 2.18. The third kappa shape index (κ3) is 2.74. The highest BCUT2D eigenvalue weighted by molar-refractivity contribution is 5.38. The van der Waals surface area contributed by atoms with Gasteiger partial charge >= 0.3 is 0 Å². The molecule has 0 spiro atoms. The van der Waals surface area contributed by atoms with Crippen LogP contribution in [0.3, 0.4) is 0 Å². The van der Waals surface area contributed by atoms with Crippen molar-refractivity contribution >= 4 is 5.82 Å². The van der Waals surface area contributed by atoms with Gasteiger partial charge in [-0.25, -0.2) is 4.98 Å². The molecule has 0 unspecified atom stereocenters. The summed E-state index contributed by atoms with van der Waals surface area (Å²) in [6, 6.07) is 0. The Bertz CT molecular complexity index is 331. The van der Waals surface area contributed by atoms with E-state index in [4.69, 9.17) is 5.73 Å². The molecule has 3 nitrogen and oxygen atoms in total. The lowest BCUT2D eigenvalue weighted by Gasteiger charge is -2.16. The van der Waals surface area contributed by atoms with Crippen LogP contribution < -0.4 is 5.73 Å². The molecule has 1 aromatic rings. The lowest BCUT2D eigenvalue weighted by molar-refractivity contribution is 0.407. The Labute approximate surface area is 92.7 Å². The van der Waals surface area contributed by atoms with E-state index < -0.39 is 0 Å². The zero-order valence-corrected chi connectivity index (χ0v) is 10.6. The molecule has 0 bridgehead atoms. The normalized spacial score (nSPS) is 12.1. The summed E-state index contributed by atoms with van der Waals surface area (Å²) < 4.78 is 2.11. The quantitative estimate of drug-likeness (QED) is 0.831. The van der Waals surface area contributed by atoms with Gasteiger partial charge in [-0.1, -0.05) is 27.7 Å². The topological polar surface area (TPSA) is 43.8 Å². The average Bonchev–Trinajstić information content (AvgIpc) is 2.40. The van der Waals surface area contributed by atoms with E-state index in [2.05, 4.69) is 44.2 Å². The molecule has 0 aliphatic rings. The van der Waals surface area contributed by atoms with Crippen LogP contribution in [0.25, 0.3) is 0 Å². The van der Waals surface area contributed by atoms with Crippen LogP contribution in [-0.2, 0) is 19.4 Å². The summed E-state index contributed by atoms with van der Waals surface area (Å²) in [5.74, 6) is 1.96. The van der Waals surface area contributed by atoms with E-state index in [9.17, 15) is 0 Å². The van der Waals surface area contributed by atoms with Gasteiger partial charge in [0.2, 0.25) is 0 Å². The number of nitrogens with zero attached hydrogens (tertiary/aromatic N) is 2. The maximum absolute atomic E-state index is 6.10. The maximum Gasteiger partial charge on any atom is 0.126 e. The van der Waals surface area contributed by atoms with E-state index in [1.165, 1.54) is 0 Å². The SMILES string of the molecule is CCc1nc(CC(C)(C)C)c(N)n1CC. The molecule has 1 heterocycles. The number of anilines is 1. The third-order valence-corrected chi connectivity index (χ3v) is 2.49. The Kier molecular flexibility index (Phi) is 3.42. The van der Waals surface area contributed by atoms with Gasteiger partial charge in [0.15, 0.2) is 0 Å². The number of hydrogen-bond donors (Lipinski definition) is 1. The predicted molar refractivity (Wildman–Crippen MR) is 64.9 cm³/mol. The number of rotatable bonds is 3. The van der Waals surface area contributed by atoms with Gasteiger partial charge in [-0.3, -0.25) is 0 Å². The van der Waals surface area contributed by atoms with Gasteiger partial charge in [0.25, 0.3) is 0 Å². The number of aryl methyl sites for hydroxylation is 1. The summed E-state index contributed by atoms with van der Waals surface area (Å²) in [5.41, 5.74) is 7.40. The van der Waals surface area contributed by atoms with Crippen molar-refractivity contribution in [1.82, 2.24) is 9.55 Å². The van der Waals surface area contributed by atoms with E-state index in [0.717, 1.165) is 36.7 Å². The zero-order chi connectivity index (χ0) is 11.6. The molecule has 0 amide bonds. The van der Waals surface area contributed by atoms with Crippen molar-refractivity contribution in [3.63, 3.8) is 0 Å². The molecular formula is C12H23N3. The van der Waals surface area contributed by atoms with Gasteiger partial charge in [0.1, 0.15) is 11.6 Å². The summed E-state index contributed by atoms with van der Waals surface area (Å²) in [4.78, 5) is 4.62. The van der Waals surface area contributed by atoms with Crippen LogP contribution in [0.15, 0.2) is 0 Å². The molecule has 0 saturated heterocycles. The Morgan fingerprint density at radius 1 is 1.27 bits per heavy atom. The van der Waals surface area contributed by atoms with E-state index in [1.807, 2.05) is 0 Å². The smallest absolute Gasteiger partial charge is 0.126 e. The highest BCUT2D eigenvalue weighted by Crippen LogP contribution is 2.24. The lowest BCUT2D eigenvalue weighted by atomic mass is 9.90. The molecule has 1 aromatic heterocycles. The van der Waals surface area contributed by atoms with E-state index in [-0.39, 0.29) is 5.41 Å². The van der Waals surface area contributed by atoms with E-state index in [0.29, 0.717) is 0 Å². The van der Waals surface area contributed by atoms with E-state index in [1.54, 1.807) is 0 Å². The average molecular weight is 209 g/mol. The Morgan fingerprint density at radius 2 is 1.87 bits per heavy atom. The summed E-state index contributed by atoms with van der Waals surface area (Å²) >= 11 is 0. The monoisotopic (exact) mass is 209 g/mol. The van der Waals surface area contributed by atoms with Gasteiger partial charge in [0, 0.05) is 13.0 Å². The van der Waals surface area contributed by atoms with Crippen molar-refractivity contribution in [3.8, 4) is 0 Å². The minimum atomic E-state index is 0.242. The van der Waals surface area contributed by atoms with Crippen molar-refractivity contribution in [1.29, 1.82) is 0 Å². The fraction of sp³-hybridized carbons (Fsp3) is 0.750. The van der Waals surface area contributed by atoms with Gasteiger partial charge in [-0.15, -0.1) is 0 Å². The van der Waals surface area contributed by atoms with Gasteiger partial charge in [-0.2, -0.15) is 0 Å². The first-order valence-corrected chi connectivity index (χ1v) is 5.72. The number of nitrogen functional groups attached to an aromatic ring is 1. The Hall–Kier alpha value is -0.990. The lowest BCUT2D eigenvalue weighted by Crippen LogP contribution is -2.11. The molecule has 15 heavy (non-hydrogen) atoms. The van der Waals surface area contributed by atoms with Crippen LogP contribution in [0, 0.1) is 5.41 Å². The van der Waals surface area contributed by atoms with Crippen molar-refractivity contribution < 1.29 is 0 Å². The first-order valence-electron chi connectivity index (χ1n) is 5.72. The summed E-state index contributed by atoms with van der Waals surface area (Å²) in [6.07, 6.45) is 1.89. The largest absolute Gasteiger partial charge is 0.384 e. The number of aromatic nitrogens is 2. The first kappa shape index (κ1) is 12.1. The molecule has 86 valence electrons. The molecule has 3 heteroatoms. The van der Waals surface area contributed by atoms with Gasteiger partial charge < -0.3 is 10.3 Å². The zero-order valence-electron chi connectivity index (χ0n) is 10.6. The molecule has 0 fully saturated rings. The Morgan fingerprint density at radius 3 is 2.20 bits per heavy atom. The molecular weight excluding hydrogens is 186 g/mol. The van der Waals surface area contributed by atoms with Crippen LogP contribution >= 0.6 is 0 Å². The summed E-state index contributed by atoms with van der Waals surface area (Å²) in [5, 5.41) is 0. The summed E-state index contributed by atoms with van der Waals surface area (Å²) in [6.45, 7) is 11.8. The standard InChI is InChI=1S/C12H23N3/c1-6-10-14-9(8-12(3,4)5)11(13)15(10)7-2/h6-8,13H2,1-5H3. The Balaban J connectivity index is 3.05. The highest BCUT2D eigenvalue weighted by atomic mass is 15.1. The molecule has 0 aliphatic heterocycles. The second-order valence-electron chi connectivity index (χ2n) is 5.20. The minimum Gasteiger partial charge on any atom is -0.384 e. The third-order valence-electron chi connectivity index (χ3n) is 2.49. The molecule has 0 atom stereocenters. The van der Waals surface area contributed by atoms with Gasteiger partial charge in [0.05, 0.1) is 5.69 Å². The van der Waals surface area contributed by atoms with Crippen molar-refractivity contribution in [3.05, 3.63) is 11.5 Å². The first-order chi connectivity index (χ1) is 6.89. The summed E-state index contributed by atoms with van der Waals surface area (Å²) in [7, 11) is 0. The van der Waals surface area contributed by atoms with Crippen LogP contribution in [0.4, 0.5) is 5.82 Å². The van der Waals surface area contributed by atoms with Crippen molar-refractivity contribution in [2.24, 2.45) is 5.41 Å². The van der Waals surface area contributed by atoms with Crippen molar-refractivity contribution in [2.45, 2.75) is 54.0 Å². The second kappa shape index (κ2) is 4.25. The minimum absolute atomic E-state index is 0.242. The second-order valence-corrected chi connectivity index (χ2v) is 5.20. The number of nitrogens with two attached hydrogens (primary N) is 1. The van der Waals surface area contributed by atoms with Crippen molar-refractivity contribution in [2.75, 3.05) is 5.73 Å². The van der Waals surface area contributed by atoms with Gasteiger partial charge in [-0.05, 0) is 18.8 Å². The molecule has 0 radical (unpaired) electrons. The van der Waals surface area contributed by atoms with Crippen LogP contribution in [-0.4, -0.2) is 9.55 Å². The fourth-order valence-electron chi connectivity index (χ4n) is 1.82. The molecule has 2 N–H and O–H groups in total. The molecule has 0 saturated carbocycles. The fourth-order valence-corrected chi connectivity index (χ4v) is 1.82. The van der Waals surface area contributed by atoms with E-state index >= 15 is 0 Å². The van der Waals surface area contributed by atoms with Crippen LogP contribution in [0.5, 0.6) is 0 Å². The number of imidazole rings is 1. The predicted octanol–water partition coefficient (Wildman–Crippen LogP) is 2.64. The number of hydrogen-bond acceptors (Lipinski definition) is 2. The van der Waals surface area contributed by atoms with Crippen LogP contribution in [0.2, 0.25) is 0 Å². The van der Waals surface area contributed by atoms with Crippen LogP contribution in [0.1, 0.15) is 46.1 Å². The molecule has 0 aliphatic carbocycles. The molecule has 0 aromatic carbocycles.